The first-order valence-electron chi connectivity index (χ1n) is 4.78. The van der Waals surface area contributed by atoms with Crippen molar-refractivity contribution in [3.8, 4) is 11.1 Å². The zero-order valence-electron chi connectivity index (χ0n) is 8.88. The predicted molar refractivity (Wildman–Crippen MR) is 66.4 cm³/mol. The molecule has 0 fully saturated rings. The number of nitrogen functional groups attached to an aromatic ring is 1. The Balaban J connectivity index is 2.66. The molecule has 1 heterocycles. The van der Waals surface area contributed by atoms with Gasteiger partial charge in [0.1, 0.15) is 0 Å². The number of nitrogens with two attached hydrogens (primary N) is 1. The number of hydrogen-bond donors (Lipinski definition) is 2. The molecule has 0 bridgehead atoms. The topological polar surface area (TPSA) is 115 Å². The molecule has 0 aliphatic rings. The Bertz CT molecular complexity index is 683. The Labute approximate surface area is 105 Å². The first kappa shape index (κ1) is 12.1. The summed E-state index contributed by atoms with van der Waals surface area (Å²) >= 11 is 5.91. The van der Waals surface area contributed by atoms with Crippen molar-refractivity contribution in [2.24, 2.45) is 0 Å². The molecule has 0 saturated heterocycles. The van der Waals surface area contributed by atoms with E-state index in [2.05, 4.69) is 9.97 Å². The summed E-state index contributed by atoms with van der Waals surface area (Å²) in [5, 5.41) is 10.9. The van der Waals surface area contributed by atoms with E-state index in [9.17, 15) is 14.9 Å². The number of hydrogen-bond acceptors (Lipinski definition) is 5. The predicted octanol–water partition coefficient (Wildman–Crippen LogP) is 1.58. The van der Waals surface area contributed by atoms with E-state index in [0.29, 0.717) is 0 Å². The van der Waals surface area contributed by atoms with Crippen LogP contribution in [0, 0.1) is 10.1 Å². The van der Waals surface area contributed by atoms with Gasteiger partial charge in [-0.1, -0.05) is 11.6 Å². The van der Waals surface area contributed by atoms with Gasteiger partial charge in [-0.25, -0.2) is 4.98 Å². The molecule has 2 rings (SSSR count). The van der Waals surface area contributed by atoms with Crippen molar-refractivity contribution in [1.29, 1.82) is 0 Å². The number of nitro groups is 1. The Hall–Kier alpha value is -2.41. The quantitative estimate of drug-likeness (QED) is 0.632. The number of aromatic amines is 1. The summed E-state index contributed by atoms with van der Waals surface area (Å²) in [6.45, 7) is 0. The fourth-order valence-electron chi connectivity index (χ4n) is 1.43. The molecule has 7 nitrogen and oxygen atoms in total. The summed E-state index contributed by atoms with van der Waals surface area (Å²) in [7, 11) is 0. The summed E-state index contributed by atoms with van der Waals surface area (Å²) in [6, 6.07) is 3.82. The van der Waals surface area contributed by atoms with Crippen LogP contribution in [0.25, 0.3) is 11.1 Å². The van der Waals surface area contributed by atoms with Crippen LogP contribution in [0.3, 0.4) is 0 Å². The Morgan fingerprint density at radius 3 is 2.72 bits per heavy atom. The van der Waals surface area contributed by atoms with Crippen molar-refractivity contribution < 1.29 is 4.92 Å². The molecule has 0 unspecified atom stereocenters. The van der Waals surface area contributed by atoms with Crippen molar-refractivity contribution in [2.45, 2.75) is 0 Å². The minimum Gasteiger partial charge on any atom is -0.369 e. The third-order valence-electron chi connectivity index (χ3n) is 2.27. The van der Waals surface area contributed by atoms with Gasteiger partial charge in [0.15, 0.2) is 5.95 Å². The van der Waals surface area contributed by atoms with Crippen molar-refractivity contribution in [1.82, 2.24) is 9.97 Å². The molecule has 0 atom stereocenters. The molecule has 0 amide bonds. The second-order valence-corrected chi connectivity index (χ2v) is 3.84. The van der Waals surface area contributed by atoms with Gasteiger partial charge in [-0.2, -0.15) is 0 Å². The Morgan fingerprint density at radius 1 is 1.39 bits per heavy atom. The zero-order valence-corrected chi connectivity index (χ0v) is 9.64. The zero-order chi connectivity index (χ0) is 13.3. The monoisotopic (exact) mass is 266 g/mol. The molecular weight excluding hydrogens is 260 g/mol. The maximum atomic E-state index is 11.7. The highest BCUT2D eigenvalue weighted by atomic mass is 35.5. The van der Waals surface area contributed by atoms with E-state index < -0.39 is 10.5 Å². The molecule has 1 aromatic carbocycles. The number of halogens is 1. The second-order valence-electron chi connectivity index (χ2n) is 3.43. The number of rotatable bonds is 2. The molecule has 0 radical (unpaired) electrons. The van der Waals surface area contributed by atoms with Crippen molar-refractivity contribution in [3.05, 3.63) is 49.9 Å². The van der Waals surface area contributed by atoms with Crippen LogP contribution in [0.5, 0.6) is 0 Å². The SMILES string of the molecule is Nc1ncc(-c2cc([N+](=O)[O-])ccc2Cl)c(=O)[nH]1. The smallest absolute Gasteiger partial charge is 0.270 e. The van der Waals surface area contributed by atoms with Gasteiger partial charge in [0.05, 0.1) is 10.5 Å². The average molecular weight is 267 g/mol. The molecule has 0 aliphatic carbocycles. The van der Waals surface area contributed by atoms with Gasteiger partial charge in [0.25, 0.3) is 11.2 Å². The maximum absolute atomic E-state index is 11.7. The second kappa shape index (κ2) is 4.46. The third-order valence-corrected chi connectivity index (χ3v) is 2.60. The fraction of sp³-hybridized carbons (Fsp3) is 0. The fourth-order valence-corrected chi connectivity index (χ4v) is 1.65. The van der Waals surface area contributed by atoms with E-state index >= 15 is 0 Å². The lowest BCUT2D eigenvalue weighted by atomic mass is 10.1. The molecule has 2 aromatic rings. The molecule has 0 spiro atoms. The van der Waals surface area contributed by atoms with Crippen LogP contribution in [0.2, 0.25) is 5.02 Å². The summed E-state index contributed by atoms with van der Waals surface area (Å²) in [5.74, 6) is -0.0368. The highest BCUT2D eigenvalue weighted by Gasteiger charge is 2.14. The van der Waals surface area contributed by atoms with Crippen molar-refractivity contribution >= 4 is 23.2 Å². The number of anilines is 1. The first-order chi connectivity index (χ1) is 8.49. The van der Waals surface area contributed by atoms with Gasteiger partial charge < -0.3 is 5.73 Å². The molecule has 8 heteroatoms. The number of H-pyrrole nitrogens is 1. The maximum Gasteiger partial charge on any atom is 0.270 e. The third kappa shape index (κ3) is 2.16. The van der Waals surface area contributed by atoms with E-state index in [-0.39, 0.29) is 27.8 Å². The van der Waals surface area contributed by atoms with Crippen LogP contribution < -0.4 is 11.3 Å². The average Bonchev–Trinajstić information content (AvgIpc) is 2.30. The van der Waals surface area contributed by atoms with Gasteiger partial charge in [0.2, 0.25) is 0 Å². The van der Waals surface area contributed by atoms with Crippen LogP contribution in [0.15, 0.2) is 29.2 Å². The van der Waals surface area contributed by atoms with E-state index in [1.807, 2.05) is 0 Å². The minimum absolute atomic E-state index is 0.0368. The number of benzene rings is 1. The Kier molecular flexibility index (Phi) is 2.99. The number of nitrogens with one attached hydrogen (secondary N) is 1. The molecule has 18 heavy (non-hydrogen) atoms. The minimum atomic E-state index is -0.571. The summed E-state index contributed by atoms with van der Waals surface area (Å²) in [4.78, 5) is 27.8. The van der Waals surface area contributed by atoms with Gasteiger partial charge in [0, 0.05) is 28.9 Å². The van der Waals surface area contributed by atoms with Crippen LogP contribution in [0.4, 0.5) is 11.6 Å². The van der Waals surface area contributed by atoms with Crippen LogP contribution >= 0.6 is 11.6 Å². The summed E-state index contributed by atoms with van der Waals surface area (Å²) in [6.07, 6.45) is 1.22. The van der Waals surface area contributed by atoms with Crippen LogP contribution in [-0.4, -0.2) is 14.9 Å². The highest BCUT2D eigenvalue weighted by Crippen LogP contribution is 2.29. The lowest BCUT2D eigenvalue weighted by Gasteiger charge is -2.03. The number of nitro benzene ring substituents is 1. The summed E-state index contributed by atoms with van der Waals surface area (Å²) < 4.78 is 0. The highest BCUT2D eigenvalue weighted by molar-refractivity contribution is 6.33. The normalized spacial score (nSPS) is 10.3. The van der Waals surface area contributed by atoms with E-state index in [1.54, 1.807) is 0 Å². The number of nitrogens with zero attached hydrogens (tertiary/aromatic N) is 2. The number of non-ortho nitro benzene ring substituents is 1. The molecule has 0 aliphatic heterocycles. The lowest BCUT2D eigenvalue weighted by Crippen LogP contribution is -2.12. The van der Waals surface area contributed by atoms with Crippen LogP contribution in [-0.2, 0) is 0 Å². The molecule has 3 N–H and O–H groups in total. The largest absolute Gasteiger partial charge is 0.369 e. The molecular formula is C10H7ClN4O3. The molecule has 0 saturated carbocycles. The molecule has 1 aromatic heterocycles. The van der Waals surface area contributed by atoms with Gasteiger partial charge in [-0.15, -0.1) is 0 Å². The van der Waals surface area contributed by atoms with Gasteiger partial charge in [-0.3, -0.25) is 19.9 Å². The van der Waals surface area contributed by atoms with Gasteiger partial charge in [-0.05, 0) is 6.07 Å². The van der Waals surface area contributed by atoms with E-state index in [1.165, 1.54) is 24.4 Å². The van der Waals surface area contributed by atoms with Crippen LogP contribution in [0.1, 0.15) is 0 Å². The standard InChI is InChI=1S/C10H7ClN4O3/c11-8-2-1-5(15(17)18)3-6(8)7-4-13-10(12)14-9(7)16/h1-4H,(H3,12,13,14,16). The van der Waals surface area contributed by atoms with Crippen molar-refractivity contribution in [3.63, 3.8) is 0 Å². The number of aromatic nitrogens is 2. The van der Waals surface area contributed by atoms with Crippen molar-refractivity contribution in [2.75, 3.05) is 5.73 Å². The lowest BCUT2D eigenvalue weighted by molar-refractivity contribution is -0.384. The summed E-state index contributed by atoms with van der Waals surface area (Å²) in [5.41, 5.74) is 5.00. The van der Waals surface area contributed by atoms with E-state index in [0.717, 1.165) is 0 Å². The Morgan fingerprint density at radius 2 is 2.11 bits per heavy atom. The van der Waals surface area contributed by atoms with Gasteiger partial charge >= 0.3 is 0 Å². The first-order valence-corrected chi connectivity index (χ1v) is 5.16. The van der Waals surface area contributed by atoms with E-state index in [4.69, 9.17) is 17.3 Å². The molecule has 92 valence electrons.